The van der Waals surface area contributed by atoms with Crippen LogP contribution >= 0.6 is 11.8 Å². The lowest BCUT2D eigenvalue weighted by Gasteiger charge is -2.38. The van der Waals surface area contributed by atoms with Gasteiger partial charge in [-0.05, 0) is 26.3 Å². The molecule has 28 heavy (non-hydrogen) atoms. The minimum Gasteiger partial charge on any atom is -0.465 e. The van der Waals surface area contributed by atoms with Crippen LogP contribution in [0.2, 0.25) is 0 Å². The Morgan fingerprint density at radius 1 is 1.39 bits per heavy atom. The molecule has 1 aromatic heterocycles. The molecular formula is C20H30N4O3S+2. The van der Waals surface area contributed by atoms with Gasteiger partial charge in [0, 0.05) is 6.42 Å². The molecule has 0 spiro atoms. The molecule has 0 aliphatic carbocycles. The summed E-state index contributed by atoms with van der Waals surface area (Å²) >= 11 is 1.35. The van der Waals surface area contributed by atoms with Gasteiger partial charge in [0.25, 0.3) is 5.82 Å². The number of carbonyl (C=O) groups is 1. The average Bonchev–Trinajstić information content (AvgIpc) is 2.67. The molecule has 1 saturated heterocycles. The van der Waals surface area contributed by atoms with Crippen molar-refractivity contribution < 1.29 is 24.2 Å². The first-order valence-electron chi connectivity index (χ1n) is 9.82. The van der Waals surface area contributed by atoms with Gasteiger partial charge >= 0.3 is 5.97 Å². The summed E-state index contributed by atoms with van der Waals surface area (Å²) in [6, 6.07) is 2.41. The molecule has 3 rings (SSSR count). The molecule has 2 N–H and O–H groups in total. The number of anilines is 1. The molecule has 0 saturated carbocycles. The van der Waals surface area contributed by atoms with Crippen molar-refractivity contribution >= 4 is 23.5 Å². The number of rotatable bonds is 5. The number of nitrogens with one attached hydrogen (secondary N) is 2. The number of fused-ring (bicyclic) bond motifs is 1. The number of aromatic amines is 1. The summed E-state index contributed by atoms with van der Waals surface area (Å²) in [5, 5.41) is 10.7. The van der Waals surface area contributed by atoms with Crippen LogP contribution in [0, 0.1) is 11.3 Å². The molecule has 1 aromatic rings. The van der Waals surface area contributed by atoms with E-state index in [0.717, 1.165) is 42.5 Å². The fourth-order valence-corrected chi connectivity index (χ4v) is 4.60. The molecule has 1 atom stereocenters. The van der Waals surface area contributed by atoms with Gasteiger partial charge in [-0.2, -0.15) is 5.26 Å². The number of nitriles is 1. The van der Waals surface area contributed by atoms with E-state index in [9.17, 15) is 10.1 Å². The van der Waals surface area contributed by atoms with Gasteiger partial charge in [0.2, 0.25) is 0 Å². The van der Waals surface area contributed by atoms with Gasteiger partial charge in [-0.1, -0.05) is 11.8 Å². The highest BCUT2D eigenvalue weighted by atomic mass is 32.2. The maximum Gasteiger partial charge on any atom is 0.316 e. The van der Waals surface area contributed by atoms with Crippen LogP contribution in [-0.2, 0) is 27.2 Å². The monoisotopic (exact) mass is 406 g/mol. The number of quaternary nitrogens is 1. The highest BCUT2D eigenvalue weighted by Gasteiger charge is 2.41. The van der Waals surface area contributed by atoms with E-state index in [1.165, 1.54) is 22.2 Å². The van der Waals surface area contributed by atoms with E-state index in [4.69, 9.17) is 9.47 Å². The Morgan fingerprint density at radius 3 is 2.75 bits per heavy atom. The smallest absolute Gasteiger partial charge is 0.316 e. The number of thioether (sulfide) groups is 1. The molecule has 3 heterocycles. The third-order valence-electron chi connectivity index (χ3n) is 5.71. The number of aromatic nitrogens is 1. The van der Waals surface area contributed by atoms with E-state index < -0.39 is 0 Å². The van der Waals surface area contributed by atoms with E-state index in [1.54, 1.807) is 6.92 Å². The largest absolute Gasteiger partial charge is 0.465 e. The van der Waals surface area contributed by atoms with Crippen molar-refractivity contribution in [2.75, 3.05) is 50.6 Å². The second-order valence-corrected chi connectivity index (χ2v) is 8.94. The first kappa shape index (κ1) is 20.9. The number of likely N-dealkylation sites (N-methyl/N-ethyl adjacent to an activating group) is 1. The van der Waals surface area contributed by atoms with E-state index in [0.29, 0.717) is 25.4 Å². The topological polar surface area (TPSA) is 81.1 Å². The minimum atomic E-state index is -0.264. The number of hydrogen-bond donors (Lipinski definition) is 1. The molecule has 0 bridgehead atoms. The zero-order valence-electron chi connectivity index (χ0n) is 17.2. The predicted octanol–water partition coefficient (Wildman–Crippen LogP) is 0.214. The van der Waals surface area contributed by atoms with Crippen LogP contribution < -0.4 is 14.8 Å². The second kappa shape index (κ2) is 8.68. The summed E-state index contributed by atoms with van der Waals surface area (Å²) in [7, 11) is 2.21. The molecule has 7 nitrogen and oxygen atoms in total. The molecule has 2 aliphatic rings. The third-order valence-corrected chi connectivity index (χ3v) is 6.68. The fraction of sp³-hybridized carbons (Fsp3) is 0.650. The Morgan fingerprint density at radius 2 is 2.11 bits per heavy atom. The summed E-state index contributed by atoms with van der Waals surface area (Å²) in [5.41, 5.74) is 3.05. The van der Waals surface area contributed by atoms with Crippen LogP contribution in [0.1, 0.15) is 37.5 Å². The van der Waals surface area contributed by atoms with Crippen molar-refractivity contribution in [2.45, 2.75) is 44.3 Å². The van der Waals surface area contributed by atoms with Crippen LogP contribution in [0.15, 0.2) is 5.03 Å². The van der Waals surface area contributed by atoms with E-state index in [-0.39, 0.29) is 17.3 Å². The van der Waals surface area contributed by atoms with Crippen LogP contribution in [-0.4, -0.2) is 57.2 Å². The Bertz CT molecular complexity index is 785. The number of hydrogen-bond acceptors (Lipinski definition) is 6. The molecule has 0 aromatic carbocycles. The van der Waals surface area contributed by atoms with Crippen molar-refractivity contribution in [1.82, 2.24) is 0 Å². The van der Waals surface area contributed by atoms with E-state index in [1.807, 2.05) is 0 Å². The number of ether oxygens (including phenoxy) is 2. The maximum absolute atomic E-state index is 11.9. The Hall–Kier alpha value is -1.82. The summed E-state index contributed by atoms with van der Waals surface area (Å²) in [6.45, 7) is 10.5. The Balaban J connectivity index is 2.05. The third kappa shape index (κ3) is 4.27. The predicted molar refractivity (Wildman–Crippen MR) is 106 cm³/mol. The molecule has 8 heteroatoms. The summed E-state index contributed by atoms with van der Waals surface area (Å²) < 4.78 is 10.6. The lowest BCUT2D eigenvalue weighted by molar-refractivity contribution is -0.945. The van der Waals surface area contributed by atoms with Gasteiger partial charge in [-0.15, -0.1) is 0 Å². The highest BCUT2D eigenvalue weighted by molar-refractivity contribution is 7.99. The van der Waals surface area contributed by atoms with E-state index in [2.05, 4.69) is 36.8 Å². The first-order valence-corrected chi connectivity index (χ1v) is 10.8. The summed E-state index contributed by atoms with van der Waals surface area (Å²) in [6.07, 6.45) is 0.829. The van der Waals surface area contributed by atoms with Crippen LogP contribution in [0.5, 0.6) is 0 Å². The lowest BCUT2D eigenvalue weighted by Crippen LogP contribution is -3.16. The molecule has 152 valence electrons. The van der Waals surface area contributed by atoms with Gasteiger partial charge < -0.3 is 14.4 Å². The minimum absolute atomic E-state index is 0.0469. The first-order chi connectivity index (χ1) is 13.4. The van der Waals surface area contributed by atoms with Gasteiger partial charge in [-0.25, -0.2) is 4.98 Å². The van der Waals surface area contributed by atoms with Crippen molar-refractivity contribution in [3.05, 3.63) is 16.7 Å². The van der Waals surface area contributed by atoms with Gasteiger partial charge in [0.05, 0.1) is 38.2 Å². The molecule has 0 radical (unpaired) electrons. The maximum atomic E-state index is 11.9. The van der Waals surface area contributed by atoms with Gasteiger partial charge in [-0.3, -0.25) is 9.69 Å². The number of carbonyl (C=O) groups excluding carboxylic acids is 1. The molecule has 1 fully saturated rings. The number of morpholine rings is 1. The highest BCUT2D eigenvalue weighted by Crippen LogP contribution is 2.32. The van der Waals surface area contributed by atoms with Crippen LogP contribution in [0.25, 0.3) is 0 Å². The SMILES string of the molecule is CCOC(=O)CSc1[nH+]c(N2CCOCC2)c2c(c1C#N)CC(C)(C)[NH+](C)C2. The molecule has 2 aliphatic heterocycles. The summed E-state index contributed by atoms with van der Waals surface area (Å²) in [5.74, 6) is 0.994. The Kier molecular flexibility index (Phi) is 6.48. The van der Waals surface area contributed by atoms with Crippen molar-refractivity contribution in [3.63, 3.8) is 0 Å². The lowest BCUT2D eigenvalue weighted by atomic mass is 9.84. The molecule has 0 amide bonds. The van der Waals surface area contributed by atoms with Gasteiger partial charge in [0.1, 0.15) is 36.8 Å². The Labute approximate surface area is 171 Å². The van der Waals surface area contributed by atoms with Gasteiger partial charge in [0.15, 0.2) is 5.03 Å². The number of esters is 1. The normalized spacial score (nSPS) is 21.0. The van der Waals surface area contributed by atoms with Crippen molar-refractivity contribution in [3.8, 4) is 6.07 Å². The van der Waals surface area contributed by atoms with Crippen LogP contribution in [0.4, 0.5) is 5.82 Å². The van der Waals surface area contributed by atoms with Crippen LogP contribution in [0.3, 0.4) is 0 Å². The summed E-state index contributed by atoms with van der Waals surface area (Å²) in [4.78, 5) is 19.1. The molecule has 1 unspecified atom stereocenters. The van der Waals surface area contributed by atoms with Crippen molar-refractivity contribution in [1.29, 1.82) is 5.26 Å². The fourth-order valence-electron chi connectivity index (χ4n) is 3.78. The zero-order chi connectivity index (χ0) is 20.3. The average molecular weight is 407 g/mol. The van der Waals surface area contributed by atoms with E-state index >= 15 is 0 Å². The standard InChI is InChI=1S/C20H28N4O3S/c1-5-27-17(25)13-28-19-15(11-21)14-10-20(2,3)23(4)12-16(14)18(22-19)24-6-8-26-9-7-24/h5-10,12-13H2,1-4H3/p+2. The quantitative estimate of drug-likeness (QED) is 0.556. The number of H-pyrrole nitrogens is 1. The number of pyridine rings is 1. The zero-order valence-corrected chi connectivity index (χ0v) is 18.0. The number of nitrogens with zero attached hydrogens (tertiary/aromatic N) is 2. The molecular weight excluding hydrogens is 376 g/mol. The second-order valence-electron chi connectivity index (χ2n) is 7.96. The van der Waals surface area contributed by atoms with Crippen molar-refractivity contribution in [2.24, 2.45) is 0 Å².